The number of benzene rings is 1. The number of thioether (sulfide) groups is 1. The number of carboxylic acid groups (broad SMARTS) is 1. The first-order chi connectivity index (χ1) is 9.45. The van der Waals surface area contributed by atoms with E-state index < -0.39 is 16.9 Å². The molecule has 0 N–H and O–H groups in total. The van der Waals surface area contributed by atoms with Crippen LogP contribution in [0.1, 0.15) is 29.5 Å². The molecule has 106 valence electrons. The van der Waals surface area contributed by atoms with Gasteiger partial charge in [0.15, 0.2) is 0 Å². The lowest BCUT2D eigenvalue weighted by atomic mass is 9.96. The highest BCUT2D eigenvalue weighted by molar-refractivity contribution is 8.00. The van der Waals surface area contributed by atoms with Gasteiger partial charge >= 0.3 is 0 Å². The number of hydrogen-bond donors (Lipinski definition) is 0. The number of fused-ring (bicyclic) bond motifs is 1. The molecule has 20 heavy (non-hydrogen) atoms. The van der Waals surface area contributed by atoms with E-state index >= 15 is 0 Å². The van der Waals surface area contributed by atoms with Crippen LogP contribution in [0.4, 0.5) is 0 Å². The van der Waals surface area contributed by atoms with Crippen molar-refractivity contribution in [2.24, 2.45) is 0 Å². The number of nitrogens with zero attached hydrogens (tertiary/aromatic N) is 1. The molecule has 3 rings (SSSR count). The fraction of sp³-hybridized carbons (Fsp3) is 0.467. The van der Waals surface area contributed by atoms with Crippen LogP contribution in [0.5, 0.6) is 0 Å². The summed E-state index contributed by atoms with van der Waals surface area (Å²) in [6, 6.07) is 5.32. The van der Waals surface area contributed by atoms with Crippen molar-refractivity contribution in [1.82, 2.24) is 4.90 Å². The van der Waals surface area contributed by atoms with E-state index in [1.807, 2.05) is 26.0 Å². The van der Waals surface area contributed by atoms with Gasteiger partial charge in [-0.15, -0.1) is 11.8 Å². The van der Waals surface area contributed by atoms with Crippen LogP contribution >= 0.6 is 11.8 Å². The van der Waals surface area contributed by atoms with E-state index in [4.69, 9.17) is 0 Å². The molecule has 0 aliphatic carbocycles. The van der Waals surface area contributed by atoms with E-state index in [2.05, 4.69) is 6.07 Å². The van der Waals surface area contributed by atoms with Gasteiger partial charge in [-0.1, -0.05) is 23.8 Å². The van der Waals surface area contributed by atoms with E-state index in [1.54, 1.807) is 16.7 Å². The highest BCUT2D eigenvalue weighted by atomic mass is 32.2. The molecule has 0 radical (unpaired) electrons. The van der Waals surface area contributed by atoms with Gasteiger partial charge in [0.2, 0.25) is 5.91 Å². The molecule has 1 aromatic rings. The van der Waals surface area contributed by atoms with Gasteiger partial charge in [-0.25, -0.2) is 0 Å². The number of hydrogen-bond acceptors (Lipinski definition) is 4. The van der Waals surface area contributed by atoms with Gasteiger partial charge in [0.25, 0.3) is 0 Å². The quantitative estimate of drug-likeness (QED) is 0.813. The van der Waals surface area contributed by atoms with Gasteiger partial charge in [-0.05, 0) is 31.4 Å². The summed E-state index contributed by atoms with van der Waals surface area (Å²) in [4.78, 5) is 24.5. The van der Waals surface area contributed by atoms with Crippen LogP contribution in [0.25, 0.3) is 0 Å². The molecule has 2 aliphatic heterocycles. The van der Waals surface area contributed by atoms with Gasteiger partial charge in [0.1, 0.15) is 4.87 Å². The van der Waals surface area contributed by atoms with Crippen LogP contribution in [0, 0.1) is 13.8 Å². The predicted molar refractivity (Wildman–Crippen MR) is 74.9 cm³/mol. The average Bonchev–Trinajstić information content (AvgIpc) is 2.89. The molecule has 4 nitrogen and oxygen atoms in total. The molecule has 0 aromatic heterocycles. The summed E-state index contributed by atoms with van der Waals surface area (Å²) < 4.78 is 0. The Morgan fingerprint density at radius 2 is 2.20 bits per heavy atom. The Kier molecular flexibility index (Phi) is 3.05. The highest BCUT2D eigenvalue weighted by Crippen LogP contribution is 2.55. The lowest BCUT2D eigenvalue weighted by Crippen LogP contribution is -2.51. The summed E-state index contributed by atoms with van der Waals surface area (Å²) in [5.74, 6) is -0.829. The van der Waals surface area contributed by atoms with Gasteiger partial charge in [0, 0.05) is 12.2 Å². The molecule has 1 aromatic carbocycles. The maximum absolute atomic E-state index is 12.1. The monoisotopic (exact) mass is 290 g/mol. The molecule has 0 spiro atoms. The second kappa shape index (κ2) is 4.52. The zero-order valence-corrected chi connectivity index (χ0v) is 12.3. The molecular weight excluding hydrogens is 274 g/mol. The summed E-state index contributed by atoms with van der Waals surface area (Å²) in [6.45, 7) is 4.04. The molecule has 0 unspecified atom stereocenters. The van der Waals surface area contributed by atoms with Crippen molar-refractivity contribution < 1.29 is 14.7 Å². The van der Waals surface area contributed by atoms with Crippen LogP contribution in [-0.2, 0) is 14.5 Å². The lowest BCUT2D eigenvalue weighted by molar-refractivity contribution is -0.310. The number of amides is 1. The molecule has 2 fully saturated rings. The van der Waals surface area contributed by atoms with Gasteiger partial charge in [-0.3, -0.25) is 4.79 Å². The van der Waals surface area contributed by atoms with Crippen molar-refractivity contribution >= 4 is 23.6 Å². The van der Waals surface area contributed by atoms with E-state index in [0.29, 0.717) is 18.6 Å². The van der Waals surface area contributed by atoms with Crippen LogP contribution in [-0.4, -0.2) is 28.6 Å². The number of carboxylic acids is 1. The normalized spacial score (nSPS) is 28.8. The standard InChI is InChI=1S/C15H17NO3S/c1-9-3-4-11(10(2)7-9)15-6-5-13(17)16(15)12(8-20-15)14(18)19/h3-4,7,12H,5-6,8H2,1-2H3,(H,18,19)/p-1/t12-,15+/m1/s1. The fourth-order valence-electron chi connectivity index (χ4n) is 3.34. The second-order valence-corrected chi connectivity index (χ2v) is 6.81. The molecule has 1 amide bonds. The van der Waals surface area contributed by atoms with Crippen molar-refractivity contribution in [3.63, 3.8) is 0 Å². The van der Waals surface area contributed by atoms with E-state index in [-0.39, 0.29) is 5.91 Å². The topological polar surface area (TPSA) is 60.4 Å². The SMILES string of the molecule is Cc1ccc([C@@]23CCC(=O)N2[C@@H](C(=O)[O-])CS3)c(C)c1. The Balaban J connectivity index is 2.11. The van der Waals surface area contributed by atoms with Crippen molar-refractivity contribution in [3.05, 3.63) is 34.9 Å². The molecule has 5 heteroatoms. The number of carbonyl (C=O) groups excluding carboxylic acids is 2. The van der Waals surface area contributed by atoms with Crippen LogP contribution < -0.4 is 5.11 Å². The molecule has 2 atom stereocenters. The van der Waals surface area contributed by atoms with Gasteiger partial charge in [0.05, 0.1) is 12.0 Å². The fourth-order valence-corrected chi connectivity index (χ4v) is 5.06. The van der Waals surface area contributed by atoms with Gasteiger partial charge < -0.3 is 14.8 Å². The minimum Gasteiger partial charge on any atom is -0.548 e. The maximum atomic E-state index is 12.1. The molecular formula is C15H16NO3S-. The van der Waals surface area contributed by atoms with Crippen LogP contribution in [0.3, 0.4) is 0 Å². The van der Waals surface area contributed by atoms with Gasteiger partial charge in [-0.2, -0.15) is 0 Å². The molecule has 2 aliphatic rings. The largest absolute Gasteiger partial charge is 0.548 e. The number of aryl methyl sites for hydroxylation is 2. The summed E-state index contributed by atoms with van der Waals surface area (Å²) in [5.41, 5.74) is 3.33. The smallest absolute Gasteiger partial charge is 0.224 e. The second-order valence-electron chi connectivity index (χ2n) is 5.51. The van der Waals surface area contributed by atoms with Crippen molar-refractivity contribution in [3.8, 4) is 0 Å². The first-order valence-electron chi connectivity index (χ1n) is 6.70. The molecule has 2 heterocycles. The minimum absolute atomic E-state index is 0.0795. The Hall–Kier alpha value is -1.49. The third kappa shape index (κ3) is 1.76. The predicted octanol–water partition coefficient (Wildman–Crippen LogP) is 0.944. The molecule has 2 saturated heterocycles. The molecule has 0 bridgehead atoms. The van der Waals surface area contributed by atoms with E-state index in [0.717, 1.165) is 16.7 Å². The Labute approximate surface area is 122 Å². The third-order valence-electron chi connectivity index (χ3n) is 4.20. The summed E-state index contributed by atoms with van der Waals surface area (Å²) in [7, 11) is 0. The first kappa shape index (κ1) is 13.5. The number of rotatable bonds is 2. The van der Waals surface area contributed by atoms with Crippen molar-refractivity contribution in [1.29, 1.82) is 0 Å². The number of aliphatic carboxylic acids is 1. The third-order valence-corrected chi connectivity index (χ3v) is 5.78. The Morgan fingerprint density at radius 3 is 2.85 bits per heavy atom. The maximum Gasteiger partial charge on any atom is 0.224 e. The molecule has 0 saturated carbocycles. The number of carbonyl (C=O) groups is 2. The average molecular weight is 290 g/mol. The van der Waals surface area contributed by atoms with E-state index in [9.17, 15) is 14.7 Å². The minimum atomic E-state index is -1.15. The highest BCUT2D eigenvalue weighted by Gasteiger charge is 2.55. The van der Waals surface area contributed by atoms with Crippen LogP contribution in [0.2, 0.25) is 0 Å². The lowest BCUT2D eigenvalue weighted by Gasteiger charge is -2.35. The summed E-state index contributed by atoms with van der Waals surface area (Å²) in [5, 5.41) is 11.3. The van der Waals surface area contributed by atoms with Crippen LogP contribution in [0.15, 0.2) is 18.2 Å². The van der Waals surface area contributed by atoms with Crippen molar-refractivity contribution in [2.75, 3.05) is 5.75 Å². The van der Waals surface area contributed by atoms with E-state index in [1.165, 1.54) is 0 Å². The first-order valence-corrected chi connectivity index (χ1v) is 7.69. The Morgan fingerprint density at radius 1 is 1.45 bits per heavy atom. The summed E-state index contributed by atoms with van der Waals surface area (Å²) >= 11 is 1.56. The zero-order chi connectivity index (χ0) is 14.5. The van der Waals surface area contributed by atoms with Crippen molar-refractivity contribution in [2.45, 2.75) is 37.6 Å². The summed E-state index contributed by atoms with van der Waals surface area (Å²) in [6.07, 6.45) is 1.08. The zero-order valence-electron chi connectivity index (χ0n) is 11.5. The Bertz CT molecular complexity index is 601.